The molecule has 0 aliphatic rings. The molecule has 0 bridgehead atoms. The Labute approximate surface area is 3310 Å². The van der Waals surface area contributed by atoms with E-state index in [1.54, 1.807) is 0 Å². The van der Waals surface area contributed by atoms with Gasteiger partial charge >= 0.3 is 0 Å². The second-order valence-corrected chi connectivity index (χ2v) is 0. The van der Waals surface area contributed by atoms with Crippen LogP contribution in [0.3, 0.4) is 0 Å². The topological polar surface area (TPSA) is 312 Å². The summed E-state index contributed by atoms with van der Waals surface area (Å²) in [6.45, 7) is 0. The van der Waals surface area contributed by atoms with Crippen LogP contribution in [0.4, 0.5) is 0 Å². The molecule has 0 spiro atoms. The minimum absolute atomic E-state index is 0. The van der Waals surface area contributed by atoms with Gasteiger partial charge in [-0.3, -0.25) is 0 Å². The van der Waals surface area contributed by atoms with Crippen molar-refractivity contribution in [2.24, 2.45) is 0 Å². The van der Waals surface area contributed by atoms with Crippen LogP contribution in [0.15, 0.2) is 0 Å². The van der Waals surface area contributed by atoms with Gasteiger partial charge < -0.3 is 49.3 Å². The third-order valence-electron chi connectivity index (χ3n) is 0. The minimum atomic E-state index is 0. The molecule has 100 heavy (non-hydrogen) atoms. The van der Waals surface area contributed by atoms with Crippen LogP contribution in [0, 0.1) is 3400 Å². The van der Waals surface area contributed by atoms with E-state index in [9.17, 15) is 0 Å². The molecule has 0 heterocycles. The zero-order valence-corrected chi connectivity index (χ0v) is 100. The summed E-state index contributed by atoms with van der Waals surface area (Å²) in [5.74, 6) is 0. The van der Waals surface area contributed by atoms with Crippen LogP contribution in [-0.2, 0) is 5.48 Å². The summed E-state index contributed by atoms with van der Waals surface area (Å²) in [6, 6.07) is 0. The predicted molar refractivity (Wildman–Crippen MR) is 33.2 cm³/mol. The van der Waals surface area contributed by atoms with Crippen LogP contribution in [0.1, 0.15) is 0 Å². The first-order valence-corrected chi connectivity index (χ1v) is 0. The SMILES string of the molecule is O.O.O.O.O.O.O.O.O.[Ar].[Ar].[Ar].[Ar].[Ar].[Ar].[Ar].[Ar].[Ar].[Ar].[Ar].[Ar].[Ar].[Ar].[Ar].[Ar].[Ar].[Ar].[Ar].[Ar].[Ar].[Ar].[Ar].[Ar].[Ar].[Ar].[Ar].[Ar].[Ar].[Ar].[Ar].[Ar].[Ar].[Ar].[Ar].[Ar].[Ar].[Ar].[Ar].[Ar].[Ar].[Ar].[Ar].[Ar].[Ar].[Ar].[Ar].[Ar].[Ar].[Ar].[Ar].[Ar].[Ar].[Ar].[Ar].[Ar].[Ar].[Ar].[Ar].[Ar].[Ar].[Ar].[Ar].[Ar].[Ar].[Ar].[Ar].[Ar].[Ar].[Ar].[Ar].[Ar].[Ar].[Ar].[Ar].[Ar].[Ar].[Ar].[Ar].[Ar].[Ar].[Ar].[Ar].[Ar].[Ar].[Ar].[Ar].[Ar].[Ar].[Ar].[O]. The molecule has 0 fully saturated rings. The Bertz CT molecular complexity index is 46.9. The normalized spacial score (nSPS) is 0. The molecule has 100 heteroatoms. The quantitative estimate of drug-likeness (QED) is 0.219. The van der Waals surface area contributed by atoms with Gasteiger partial charge in [0.25, 0.3) is 0 Å². The summed E-state index contributed by atoms with van der Waals surface area (Å²) in [5.41, 5.74) is 0. The molecule has 0 aliphatic carbocycles. The molecular weight excluding hydrogens is 3760 g/mol. The van der Waals surface area contributed by atoms with Crippen LogP contribution < -0.4 is 0 Å². The summed E-state index contributed by atoms with van der Waals surface area (Å²) in [5, 5.41) is 0. The van der Waals surface area contributed by atoms with Crippen molar-refractivity contribution in [3.63, 3.8) is 0 Å². The molecule has 0 aromatic carbocycles. The fourth-order valence-electron chi connectivity index (χ4n) is 0. The maximum atomic E-state index is 0. The van der Waals surface area contributed by atoms with E-state index in [1.165, 1.54) is 0 Å². The van der Waals surface area contributed by atoms with Gasteiger partial charge in [0.05, 0.1) is 0 Å². The van der Waals surface area contributed by atoms with Crippen molar-refractivity contribution in [2.75, 3.05) is 0 Å². The summed E-state index contributed by atoms with van der Waals surface area (Å²) < 4.78 is 0. The van der Waals surface area contributed by atoms with Gasteiger partial charge in [0.15, 0.2) is 0 Å². The second kappa shape index (κ2) is 739. The number of rotatable bonds is 0. The van der Waals surface area contributed by atoms with Crippen LogP contribution >= 0.6 is 0 Å². The van der Waals surface area contributed by atoms with E-state index in [0.29, 0.717) is 0 Å². The zero-order chi connectivity index (χ0) is 0. The van der Waals surface area contributed by atoms with Gasteiger partial charge in [-0.2, -0.15) is 0 Å². The van der Waals surface area contributed by atoms with Crippen molar-refractivity contribution < 1.29 is 3450 Å². The average Bonchev–Trinajstić information content (AvgIpc) is 0. The molecule has 0 aliphatic heterocycles. The smallest absolute Gasteiger partial charge is 0 e. The molecule has 798 valence electrons. The van der Waals surface area contributed by atoms with E-state index in [1.807, 2.05) is 0 Å². The van der Waals surface area contributed by atoms with Gasteiger partial charge in [-0.15, -0.1) is 0 Å². The monoisotopic (exact) mass is 3770 g/mol. The molecule has 0 rings (SSSR count). The third kappa shape index (κ3) is 729. The maximum absolute atomic E-state index is 0. The molecule has 0 amide bonds. The van der Waals surface area contributed by atoms with Gasteiger partial charge in [0, 0.05) is 3400 Å². The fraction of sp³-hybridized carbons (Fsp3) is 0. The standard InChI is InChI=1S/90Ar.9H2O.O/h;;;;;;;;;;;;;;;;;;;;;;;;;;;;;;;;;;;;;;;;;;;;;;;;;;;;;;;;;;;;;;;;;;;;;;;;;;;;;;;;;;;;;;;;;;9*1H2;. The van der Waals surface area contributed by atoms with Gasteiger partial charge in [0.1, 0.15) is 0 Å². The molecule has 0 aromatic rings. The summed E-state index contributed by atoms with van der Waals surface area (Å²) in [7, 11) is 0. The number of hydrogen-bond acceptors (Lipinski definition) is 0. The average molecular weight is 3770 g/mol. The summed E-state index contributed by atoms with van der Waals surface area (Å²) in [6.07, 6.45) is 0. The zero-order valence-electron chi connectivity index (χ0n) is 36.7. The molecule has 2 radical (unpaired) electrons. The minimum Gasteiger partial charge on any atom is -0.412 e. The van der Waals surface area contributed by atoms with E-state index in [0.717, 1.165) is 0 Å². The van der Waals surface area contributed by atoms with Crippen molar-refractivity contribution in [1.29, 1.82) is 0 Å². The summed E-state index contributed by atoms with van der Waals surface area (Å²) in [4.78, 5) is 0. The number of hydrogen-bond donors (Lipinski definition) is 0. The Morgan fingerprint density at radius 2 is 0.0300 bits per heavy atom. The van der Waals surface area contributed by atoms with Gasteiger partial charge in [-0.05, 0) is 0 Å². The van der Waals surface area contributed by atoms with Crippen molar-refractivity contribution in [3.8, 4) is 0 Å². The Balaban J connectivity index is 0. The molecule has 18 N–H and O–H groups in total. The maximum Gasteiger partial charge on any atom is 0 e. The van der Waals surface area contributed by atoms with E-state index in [-0.39, 0.29) is 3450 Å². The molecule has 0 aromatic heterocycles. The van der Waals surface area contributed by atoms with Gasteiger partial charge in [-0.25, -0.2) is 0 Å². The Morgan fingerprint density at radius 3 is 0.0300 bits per heavy atom. The molecule has 0 saturated carbocycles. The van der Waals surface area contributed by atoms with Crippen LogP contribution in [-0.4, -0.2) is 49.3 Å². The Morgan fingerprint density at radius 1 is 0.0300 bits per heavy atom. The summed E-state index contributed by atoms with van der Waals surface area (Å²) >= 11 is 0. The first kappa shape index (κ1) is 750. The van der Waals surface area contributed by atoms with E-state index in [4.69, 9.17) is 0 Å². The van der Waals surface area contributed by atoms with Gasteiger partial charge in [-0.1, -0.05) is 0 Å². The van der Waals surface area contributed by atoms with Crippen molar-refractivity contribution in [3.05, 3.63) is 0 Å². The predicted octanol–water partition coefficient (Wildman–Crippen LogP) is -7.54. The second-order valence-electron chi connectivity index (χ2n) is 0. The van der Waals surface area contributed by atoms with E-state index >= 15 is 0 Å². The molecule has 0 saturated heterocycles. The van der Waals surface area contributed by atoms with E-state index < -0.39 is 0 Å². The molecule has 0 atom stereocenters. The first-order chi connectivity index (χ1) is 0. The molecular formula is H18Ar90O10. The van der Waals surface area contributed by atoms with Crippen molar-refractivity contribution in [2.45, 2.75) is 0 Å². The van der Waals surface area contributed by atoms with Crippen LogP contribution in [0.2, 0.25) is 0 Å². The van der Waals surface area contributed by atoms with Crippen molar-refractivity contribution in [1.82, 2.24) is 0 Å². The largest absolute Gasteiger partial charge is 0.412 e. The van der Waals surface area contributed by atoms with E-state index in [2.05, 4.69) is 0 Å². The van der Waals surface area contributed by atoms with Crippen LogP contribution in [0.25, 0.3) is 0 Å². The Hall–Kier alpha value is 113. The van der Waals surface area contributed by atoms with Gasteiger partial charge in [0.2, 0.25) is 0 Å². The third-order valence-corrected chi connectivity index (χ3v) is 0. The van der Waals surface area contributed by atoms with Crippen LogP contribution in [0.5, 0.6) is 0 Å². The molecule has 0 unspecified atom stereocenters. The fourth-order valence-corrected chi connectivity index (χ4v) is 0. The Kier molecular flexibility index (Phi) is 5540. The first-order valence-electron chi connectivity index (χ1n) is 0. The van der Waals surface area contributed by atoms with Crippen molar-refractivity contribution >= 4 is 0 Å². The molecule has 10 nitrogen and oxygen atoms in total.